The van der Waals surface area contributed by atoms with Gasteiger partial charge in [0.1, 0.15) is 0 Å². The molecule has 0 saturated carbocycles. The molecular formula is C28H43INO6-. The molecule has 0 spiro atoms. The number of carbonyl (C=O) groups excluding carboxylic acids is 2. The molecule has 0 fully saturated rings. The second-order valence-electron chi connectivity index (χ2n) is 9.26. The quantitative estimate of drug-likeness (QED) is 0.0248. The Hall–Kier alpha value is -1.75. The Balaban J connectivity index is 2.74. The van der Waals surface area contributed by atoms with Crippen LogP contribution >= 0.6 is 0 Å². The number of allylic oxidation sites excluding steroid dienone is 9. The summed E-state index contributed by atoms with van der Waals surface area (Å²) in [5, 5.41) is 10.2. The van der Waals surface area contributed by atoms with Gasteiger partial charge in [0.15, 0.2) is 0 Å². The molecule has 36 heavy (non-hydrogen) atoms. The van der Waals surface area contributed by atoms with Crippen LogP contribution in [0.25, 0.3) is 0 Å². The first-order valence-corrected chi connectivity index (χ1v) is 15.0. The molecule has 2 N–H and O–H groups in total. The number of hydrogen-bond acceptors (Lipinski definition) is 7. The number of nitrogens with one attached hydrogen (secondary N) is 1. The molecule has 0 amide bonds. The van der Waals surface area contributed by atoms with E-state index in [0.717, 1.165) is 29.3 Å². The molecule has 0 heterocycles. The first kappa shape index (κ1) is 32.3. The zero-order valence-corrected chi connectivity index (χ0v) is 24.7. The minimum Gasteiger partial charge on any atom is -0.0730 e. The first-order chi connectivity index (χ1) is 17.1. The minimum atomic E-state index is -1.18. The van der Waals surface area contributed by atoms with E-state index < -0.39 is 24.1 Å². The molecule has 0 radical (unpaired) electrons. The first-order valence-electron chi connectivity index (χ1n) is 12.4. The van der Waals surface area contributed by atoms with Crippen LogP contribution in [0, 0.1) is 17.8 Å². The van der Waals surface area contributed by atoms with Crippen molar-refractivity contribution >= 4 is 12.3 Å². The van der Waals surface area contributed by atoms with E-state index in [4.69, 9.17) is 14.3 Å². The van der Waals surface area contributed by atoms with Crippen molar-refractivity contribution in [3.63, 3.8) is 0 Å². The summed E-state index contributed by atoms with van der Waals surface area (Å²) < 4.78 is 14.8. The molecule has 7 nitrogen and oxygen atoms in total. The van der Waals surface area contributed by atoms with Gasteiger partial charge in [-0.2, -0.15) is 0 Å². The van der Waals surface area contributed by atoms with Gasteiger partial charge >= 0.3 is 166 Å². The predicted octanol–water partition coefficient (Wildman–Crippen LogP) is 2.31. The minimum absolute atomic E-state index is 0.0120. The van der Waals surface area contributed by atoms with Crippen LogP contribution < -0.4 is 25.2 Å². The van der Waals surface area contributed by atoms with Crippen molar-refractivity contribution in [2.45, 2.75) is 73.5 Å². The Morgan fingerprint density at radius 1 is 1.22 bits per heavy atom. The predicted molar refractivity (Wildman–Crippen MR) is 138 cm³/mol. The number of rotatable bonds is 17. The van der Waals surface area contributed by atoms with Gasteiger partial charge in [0, 0.05) is 0 Å². The van der Waals surface area contributed by atoms with Crippen LogP contribution in [0.2, 0.25) is 0 Å². The van der Waals surface area contributed by atoms with E-state index in [-0.39, 0.29) is 46.0 Å². The molecule has 1 rings (SSSR count). The average molecular weight is 617 g/mol. The maximum atomic E-state index is 12.6. The van der Waals surface area contributed by atoms with Crippen molar-refractivity contribution < 1.29 is 50.5 Å². The monoisotopic (exact) mass is 616 g/mol. The van der Waals surface area contributed by atoms with Crippen molar-refractivity contribution in [1.82, 2.24) is 3.69 Å². The summed E-state index contributed by atoms with van der Waals surface area (Å²) in [5.41, 5.74) is 3.92. The third kappa shape index (κ3) is 13.0. The van der Waals surface area contributed by atoms with Gasteiger partial charge in [0.2, 0.25) is 0 Å². The molecule has 0 aliphatic heterocycles. The molecule has 4 unspecified atom stereocenters. The summed E-state index contributed by atoms with van der Waals surface area (Å²) in [6.07, 6.45) is 10.3. The van der Waals surface area contributed by atoms with E-state index in [1.165, 1.54) is 16.7 Å². The van der Waals surface area contributed by atoms with E-state index in [1.807, 2.05) is 26.8 Å². The van der Waals surface area contributed by atoms with E-state index in [1.54, 1.807) is 6.92 Å². The maximum absolute atomic E-state index is 12.6. The van der Waals surface area contributed by atoms with Crippen LogP contribution in [0.4, 0.5) is 0 Å². The van der Waals surface area contributed by atoms with Gasteiger partial charge in [-0.25, -0.2) is 0 Å². The van der Waals surface area contributed by atoms with Crippen LogP contribution in [-0.2, 0) is 23.9 Å². The van der Waals surface area contributed by atoms with Crippen LogP contribution in [0.15, 0.2) is 59.1 Å². The molecule has 204 valence electrons. The fourth-order valence-electron chi connectivity index (χ4n) is 3.58. The number of alkyl halides is 1. The molecule has 1 aliphatic carbocycles. The van der Waals surface area contributed by atoms with Gasteiger partial charge in [-0.15, -0.1) is 0 Å². The third-order valence-corrected chi connectivity index (χ3v) is 7.26. The number of hydrogen-bond donors (Lipinski definition) is 2. The Bertz CT molecular complexity index is 860. The number of aldehydes is 1. The van der Waals surface area contributed by atoms with Crippen LogP contribution in [0.3, 0.4) is 0 Å². The summed E-state index contributed by atoms with van der Waals surface area (Å²) in [7, 11) is 0. The standard InChI is InChI=1S/C28H43INO6/c1-8-29-30-36-27(32)16-25(28(33)35-19(2)3)15-26(17-31)22(6)18-34-23(7)12-11-21(5)24-13-9-20(4)10-14-24/h9,11-13,17,22,25-27,30,32H,2,8,10,14-16,18H2,1,3-7H3/q-1/b21-11+,23-12+. The number of carbonyl (C=O) groups is 2. The molecular weight excluding hydrogens is 573 g/mol. The normalized spacial score (nSPS) is 18.0. The van der Waals surface area contributed by atoms with Crippen LogP contribution in [-0.4, -0.2) is 34.7 Å². The summed E-state index contributed by atoms with van der Waals surface area (Å²) >= 11 is -0.369. The number of aliphatic hydroxyl groups excluding tert-OH is 1. The second kappa shape index (κ2) is 17.7. The van der Waals surface area contributed by atoms with E-state index in [0.29, 0.717) is 6.61 Å². The van der Waals surface area contributed by atoms with Crippen molar-refractivity contribution in [2.75, 3.05) is 11.0 Å². The Labute approximate surface area is 227 Å². The number of esters is 1. The SMILES string of the molecule is C=C(C)OC(=O)C(CC(O)ON[I-]CC)CC(C=O)C(C)CO/C(C)=C/C=C(\C)C1=CC=C(C)CC1. The Morgan fingerprint density at radius 2 is 1.94 bits per heavy atom. The van der Waals surface area contributed by atoms with Crippen molar-refractivity contribution in [1.29, 1.82) is 0 Å². The molecule has 0 aromatic carbocycles. The summed E-state index contributed by atoms with van der Waals surface area (Å²) in [4.78, 5) is 29.8. The Kier molecular flexibility index (Phi) is 15.8. The summed E-state index contributed by atoms with van der Waals surface area (Å²) in [6, 6.07) is 0. The smallest absolute Gasteiger partial charge is 0.0730 e. The zero-order valence-electron chi connectivity index (χ0n) is 22.5. The van der Waals surface area contributed by atoms with Crippen LogP contribution in [0.1, 0.15) is 67.2 Å². The van der Waals surface area contributed by atoms with Gasteiger partial charge in [-0.1, -0.05) is 23.8 Å². The zero-order chi connectivity index (χ0) is 27.1. The number of ether oxygens (including phenoxy) is 2. The molecule has 4 atom stereocenters. The van der Waals surface area contributed by atoms with E-state index in [2.05, 4.69) is 42.3 Å². The van der Waals surface area contributed by atoms with Crippen LogP contribution in [0.5, 0.6) is 0 Å². The van der Waals surface area contributed by atoms with Crippen molar-refractivity contribution in [3.8, 4) is 0 Å². The van der Waals surface area contributed by atoms with Crippen molar-refractivity contribution in [3.05, 3.63) is 59.1 Å². The molecule has 0 saturated heterocycles. The fourth-order valence-corrected chi connectivity index (χ4v) is 4.36. The van der Waals surface area contributed by atoms with Gasteiger partial charge in [0.25, 0.3) is 0 Å². The molecule has 0 aromatic heterocycles. The second-order valence-corrected chi connectivity index (χ2v) is 12.0. The van der Waals surface area contributed by atoms with Gasteiger partial charge in [-0.3, -0.25) is 0 Å². The molecule has 0 bridgehead atoms. The Morgan fingerprint density at radius 3 is 2.53 bits per heavy atom. The number of halogens is 1. The van der Waals surface area contributed by atoms with Gasteiger partial charge in [-0.05, 0) is 37.8 Å². The summed E-state index contributed by atoms with van der Waals surface area (Å²) in [5.74, 6) is -0.848. The number of aliphatic hydroxyl groups is 1. The van der Waals surface area contributed by atoms with E-state index in [9.17, 15) is 14.7 Å². The van der Waals surface area contributed by atoms with Gasteiger partial charge in [0.05, 0.1) is 0 Å². The molecule has 8 heteroatoms. The van der Waals surface area contributed by atoms with Gasteiger partial charge < -0.3 is 0 Å². The molecule has 1 aliphatic rings. The average Bonchev–Trinajstić information content (AvgIpc) is 2.83. The topological polar surface area (TPSA) is 94.1 Å². The fraction of sp³-hybridized carbons (Fsp3) is 0.571. The summed E-state index contributed by atoms with van der Waals surface area (Å²) in [6.45, 7) is 15.6. The van der Waals surface area contributed by atoms with Crippen molar-refractivity contribution in [2.24, 2.45) is 17.8 Å². The molecule has 0 aromatic rings. The van der Waals surface area contributed by atoms with E-state index >= 15 is 0 Å². The third-order valence-electron chi connectivity index (χ3n) is 5.93.